The van der Waals surface area contributed by atoms with Gasteiger partial charge in [-0.3, -0.25) is 4.79 Å². The fourth-order valence-electron chi connectivity index (χ4n) is 1.87. The average molecular weight is 295 g/mol. The Balaban J connectivity index is 2.78. The molecule has 112 valence electrons. The zero-order chi connectivity index (χ0) is 15.0. The van der Waals surface area contributed by atoms with Crippen molar-refractivity contribution in [2.75, 3.05) is 23.9 Å². The third-order valence-corrected chi connectivity index (χ3v) is 3.70. The van der Waals surface area contributed by atoms with Gasteiger partial charge in [0.05, 0.1) is 0 Å². The van der Waals surface area contributed by atoms with Crippen molar-refractivity contribution in [3.8, 4) is 0 Å². The standard InChI is InChI=1S/C15H25N3OS/c1-5-7-16-14-9-12(8-11(3)17-14)15(19)18-13(6-2)10-20-4/h8-9,13H,5-7,10H2,1-4H3,(H,16,17)(H,18,19). The van der Waals surface area contributed by atoms with Gasteiger partial charge in [0.2, 0.25) is 0 Å². The first-order valence-corrected chi connectivity index (χ1v) is 8.52. The predicted molar refractivity (Wildman–Crippen MR) is 87.7 cm³/mol. The number of hydrogen-bond acceptors (Lipinski definition) is 4. The summed E-state index contributed by atoms with van der Waals surface area (Å²) in [5, 5.41) is 6.31. The van der Waals surface area contributed by atoms with Crippen LogP contribution in [0, 0.1) is 6.92 Å². The molecule has 1 unspecified atom stereocenters. The van der Waals surface area contributed by atoms with Crippen LogP contribution >= 0.6 is 11.8 Å². The fraction of sp³-hybridized carbons (Fsp3) is 0.600. The summed E-state index contributed by atoms with van der Waals surface area (Å²) in [6.45, 7) is 6.96. The van der Waals surface area contributed by atoms with Crippen molar-refractivity contribution in [2.45, 2.75) is 39.7 Å². The number of aryl methyl sites for hydroxylation is 1. The van der Waals surface area contributed by atoms with Gasteiger partial charge in [-0.25, -0.2) is 4.98 Å². The summed E-state index contributed by atoms with van der Waals surface area (Å²) in [4.78, 5) is 16.7. The first-order valence-electron chi connectivity index (χ1n) is 7.13. The first-order chi connectivity index (χ1) is 9.60. The van der Waals surface area contributed by atoms with Crippen LogP contribution in [0.2, 0.25) is 0 Å². The summed E-state index contributed by atoms with van der Waals surface area (Å²) < 4.78 is 0. The van der Waals surface area contributed by atoms with Crippen LogP contribution in [0.3, 0.4) is 0 Å². The molecule has 0 spiro atoms. The van der Waals surface area contributed by atoms with Crippen molar-refractivity contribution in [1.82, 2.24) is 10.3 Å². The second-order valence-corrected chi connectivity index (χ2v) is 5.75. The number of amides is 1. The maximum Gasteiger partial charge on any atom is 0.251 e. The molecule has 0 aromatic carbocycles. The topological polar surface area (TPSA) is 54.0 Å². The van der Waals surface area contributed by atoms with E-state index in [1.54, 1.807) is 11.8 Å². The Morgan fingerprint density at radius 3 is 2.75 bits per heavy atom. The number of carbonyl (C=O) groups is 1. The molecule has 0 aliphatic rings. The van der Waals surface area contributed by atoms with Crippen molar-refractivity contribution >= 4 is 23.5 Å². The van der Waals surface area contributed by atoms with Crippen LogP contribution in [0.4, 0.5) is 5.82 Å². The van der Waals surface area contributed by atoms with Gasteiger partial charge >= 0.3 is 0 Å². The number of aromatic nitrogens is 1. The Morgan fingerprint density at radius 2 is 2.15 bits per heavy atom. The zero-order valence-electron chi connectivity index (χ0n) is 12.8. The van der Waals surface area contributed by atoms with E-state index in [2.05, 4.69) is 35.7 Å². The van der Waals surface area contributed by atoms with E-state index >= 15 is 0 Å². The average Bonchev–Trinajstić information content (AvgIpc) is 2.43. The van der Waals surface area contributed by atoms with E-state index in [1.807, 2.05) is 19.1 Å². The van der Waals surface area contributed by atoms with E-state index in [0.29, 0.717) is 5.56 Å². The lowest BCUT2D eigenvalue weighted by atomic mass is 10.2. The van der Waals surface area contributed by atoms with Gasteiger partial charge < -0.3 is 10.6 Å². The molecular weight excluding hydrogens is 270 g/mol. The van der Waals surface area contributed by atoms with Gasteiger partial charge in [-0.2, -0.15) is 11.8 Å². The van der Waals surface area contributed by atoms with Crippen molar-refractivity contribution in [1.29, 1.82) is 0 Å². The van der Waals surface area contributed by atoms with Crippen molar-refractivity contribution in [3.63, 3.8) is 0 Å². The molecule has 1 aromatic rings. The predicted octanol–water partition coefficient (Wildman–Crippen LogP) is 3.08. The lowest BCUT2D eigenvalue weighted by Crippen LogP contribution is -2.36. The van der Waals surface area contributed by atoms with E-state index in [4.69, 9.17) is 0 Å². The second kappa shape index (κ2) is 8.84. The van der Waals surface area contributed by atoms with Gasteiger partial charge in [0.25, 0.3) is 5.91 Å². The molecule has 1 amide bonds. The van der Waals surface area contributed by atoms with E-state index in [-0.39, 0.29) is 11.9 Å². The summed E-state index contributed by atoms with van der Waals surface area (Å²) in [6.07, 6.45) is 4.03. The number of carbonyl (C=O) groups excluding carboxylic acids is 1. The van der Waals surface area contributed by atoms with Crippen LogP contribution in [0.25, 0.3) is 0 Å². The van der Waals surface area contributed by atoms with E-state index < -0.39 is 0 Å². The van der Waals surface area contributed by atoms with Gasteiger partial charge in [-0.05, 0) is 38.2 Å². The molecule has 1 atom stereocenters. The monoisotopic (exact) mass is 295 g/mol. The highest BCUT2D eigenvalue weighted by molar-refractivity contribution is 7.98. The lowest BCUT2D eigenvalue weighted by molar-refractivity contribution is 0.0940. The smallest absolute Gasteiger partial charge is 0.251 e. The highest BCUT2D eigenvalue weighted by Crippen LogP contribution is 2.11. The summed E-state index contributed by atoms with van der Waals surface area (Å²) in [5.74, 6) is 1.69. The fourth-order valence-corrected chi connectivity index (χ4v) is 2.60. The number of pyridine rings is 1. The van der Waals surface area contributed by atoms with Crippen molar-refractivity contribution in [2.24, 2.45) is 0 Å². The number of rotatable bonds is 8. The molecule has 0 saturated heterocycles. The summed E-state index contributed by atoms with van der Waals surface area (Å²) in [5.41, 5.74) is 1.53. The molecule has 0 saturated carbocycles. The SMILES string of the molecule is CCCNc1cc(C(=O)NC(CC)CSC)cc(C)n1. The molecule has 4 nitrogen and oxygen atoms in total. The Hall–Kier alpha value is -1.23. The third kappa shape index (κ3) is 5.41. The quantitative estimate of drug-likeness (QED) is 0.774. The van der Waals surface area contributed by atoms with Crippen molar-refractivity contribution < 1.29 is 4.79 Å². The number of anilines is 1. The molecular formula is C15H25N3OS. The van der Waals surface area contributed by atoms with Crippen LogP contribution in [-0.2, 0) is 0 Å². The molecule has 20 heavy (non-hydrogen) atoms. The van der Waals surface area contributed by atoms with Gasteiger partial charge in [0.15, 0.2) is 0 Å². The van der Waals surface area contributed by atoms with Gasteiger partial charge in [-0.15, -0.1) is 0 Å². The lowest BCUT2D eigenvalue weighted by Gasteiger charge is -2.16. The summed E-state index contributed by atoms with van der Waals surface area (Å²) in [6, 6.07) is 3.88. The number of thioether (sulfide) groups is 1. The van der Waals surface area contributed by atoms with Crippen LogP contribution in [0.15, 0.2) is 12.1 Å². The van der Waals surface area contributed by atoms with Crippen LogP contribution < -0.4 is 10.6 Å². The summed E-state index contributed by atoms with van der Waals surface area (Å²) >= 11 is 1.75. The van der Waals surface area contributed by atoms with Crippen LogP contribution in [-0.4, -0.2) is 35.5 Å². The maximum atomic E-state index is 12.3. The normalized spacial score (nSPS) is 12.0. The highest BCUT2D eigenvalue weighted by atomic mass is 32.2. The van der Waals surface area contributed by atoms with Crippen LogP contribution in [0.5, 0.6) is 0 Å². The minimum absolute atomic E-state index is 0.0176. The second-order valence-electron chi connectivity index (χ2n) is 4.84. The molecule has 1 aromatic heterocycles. The molecule has 0 radical (unpaired) electrons. The minimum Gasteiger partial charge on any atom is -0.370 e. The number of nitrogens with one attached hydrogen (secondary N) is 2. The van der Waals surface area contributed by atoms with E-state index in [1.165, 1.54) is 0 Å². The Morgan fingerprint density at radius 1 is 1.40 bits per heavy atom. The molecule has 5 heteroatoms. The largest absolute Gasteiger partial charge is 0.370 e. The van der Waals surface area contributed by atoms with Gasteiger partial charge in [0.1, 0.15) is 5.82 Å². The molecule has 1 heterocycles. The Bertz CT molecular complexity index is 437. The molecule has 0 aliphatic heterocycles. The number of nitrogens with zero attached hydrogens (tertiary/aromatic N) is 1. The van der Waals surface area contributed by atoms with Gasteiger partial charge in [-0.1, -0.05) is 13.8 Å². The third-order valence-electron chi connectivity index (χ3n) is 2.97. The van der Waals surface area contributed by atoms with Crippen molar-refractivity contribution in [3.05, 3.63) is 23.4 Å². The zero-order valence-corrected chi connectivity index (χ0v) is 13.6. The van der Waals surface area contributed by atoms with E-state index in [9.17, 15) is 4.79 Å². The van der Waals surface area contributed by atoms with E-state index in [0.717, 1.165) is 36.7 Å². The molecule has 1 rings (SSSR count). The highest BCUT2D eigenvalue weighted by Gasteiger charge is 2.13. The number of hydrogen-bond donors (Lipinski definition) is 2. The van der Waals surface area contributed by atoms with Crippen LogP contribution in [0.1, 0.15) is 42.7 Å². The summed E-state index contributed by atoms with van der Waals surface area (Å²) in [7, 11) is 0. The Labute approximate surface area is 126 Å². The first kappa shape index (κ1) is 16.8. The molecule has 0 bridgehead atoms. The Kier molecular flexibility index (Phi) is 7.44. The van der Waals surface area contributed by atoms with Gasteiger partial charge in [0, 0.05) is 29.6 Å². The minimum atomic E-state index is -0.0176. The molecule has 2 N–H and O–H groups in total. The molecule has 0 aliphatic carbocycles. The maximum absolute atomic E-state index is 12.3. The molecule has 0 fully saturated rings.